The molecule has 3 saturated carbocycles. The molecule has 0 radical (unpaired) electrons. The van der Waals surface area contributed by atoms with Crippen molar-refractivity contribution >= 4 is 21.6 Å². The summed E-state index contributed by atoms with van der Waals surface area (Å²) in [4.78, 5) is 13.6. The molecule has 1 saturated heterocycles. The van der Waals surface area contributed by atoms with Gasteiger partial charge in [0, 0.05) is 37.9 Å². The van der Waals surface area contributed by atoms with Crippen molar-refractivity contribution in [1.82, 2.24) is 10.2 Å². The van der Waals surface area contributed by atoms with Crippen molar-refractivity contribution in [2.24, 2.45) is 0 Å². The average molecular weight is 615 g/mol. The summed E-state index contributed by atoms with van der Waals surface area (Å²) in [6.45, 7) is 6.97. The number of sulfone groups is 1. The summed E-state index contributed by atoms with van der Waals surface area (Å²) in [7, 11) is -4.11. The van der Waals surface area contributed by atoms with Crippen LogP contribution in [0.5, 0.6) is 0 Å². The minimum absolute atomic E-state index is 0.164. The van der Waals surface area contributed by atoms with E-state index >= 15 is 0 Å². The van der Waals surface area contributed by atoms with Crippen molar-refractivity contribution < 1.29 is 36.2 Å². The van der Waals surface area contributed by atoms with E-state index < -0.39 is 43.4 Å². The van der Waals surface area contributed by atoms with Crippen LogP contribution in [-0.4, -0.2) is 79.7 Å². The molecule has 2 atom stereocenters. The minimum Gasteiger partial charge on any atom is -0.465 e. The van der Waals surface area contributed by atoms with Crippen LogP contribution in [0.3, 0.4) is 0 Å². The average Bonchev–Trinajstić information content (AvgIpc) is 3.28. The van der Waals surface area contributed by atoms with Gasteiger partial charge in [0.2, 0.25) is 0 Å². The number of piperazine rings is 1. The van der Waals surface area contributed by atoms with E-state index in [-0.39, 0.29) is 18.6 Å². The van der Waals surface area contributed by atoms with Crippen LogP contribution in [0.2, 0.25) is 0 Å². The van der Waals surface area contributed by atoms with Crippen molar-refractivity contribution in [2.45, 2.75) is 112 Å². The predicted molar refractivity (Wildman–Crippen MR) is 151 cm³/mol. The van der Waals surface area contributed by atoms with Crippen molar-refractivity contribution in [1.29, 1.82) is 5.26 Å². The Kier molecular flexibility index (Phi) is 10.00. The van der Waals surface area contributed by atoms with E-state index in [1.165, 1.54) is 12.1 Å². The van der Waals surface area contributed by atoms with E-state index in [1.807, 2.05) is 11.0 Å². The summed E-state index contributed by atoms with van der Waals surface area (Å²) in [5.41, 5.74) is -1.35. The second-order valence-corrected chi connectivity index (χ2v) is 14.3. The van der Waals surface area contributed by atoms with E-state index in [0.29, 0.717) is 50.5 Å². The number of hydrogen-bond acceptors (Lipinski definition) is 7. The highest BCUT2D eigenvalue weighted by Crippen LogP contribution is 2.41. The Balaban J connectivity index is 0.000000385. The molecule has 0 unspecified atom stereocenters. The van der Waals surface area contributed by atoms with Crippen LogP contribution < -0.4 is 10.2 Å². The SMILES string of the molecule is CC(C)N1CCN(c2ccc(S(=O)(=O)[C@@H]3CC[C@@H](OC4CCCC4)C3)c(C(F)(F)F)c2)CC1.N#CC1(NC(=O)O)CC1. The molecule has 1 heterocycles. The van der Waals surface area contributed by atoms with Crippen LogP contribution in [0.4, 0.5) is 23.7 Å². The molecule has 13 heteroatoms. The van der Waals surface area contributed by atoms with Crippen molar-refractivity contribution in [3.63, 3.8) is 0 Å². The number of ether oxygens (including phenoxy) is 1. The number of nitriles is 1. The molecule has 4 fully saturated rings. The summed E-state index contributed by atoms with van der Waals surface area (Å²) >= 11 is 0. The normalized spacial score (nSPS) is 24.6. The first-order valence-corrected chi connectivity index (χ1v) is 16.3. The molecule has 234 valence electrons. The lowest BCUT2D eigenvalue weighted by Crippen LogP contribution is -2.49. The lowest BCUT2D eigenvalue weighted by Gasteiger charge is -2.38. The Morgan fingerprint density at radius 3 is 2.24 bits per heavy atom. The maximum Gasteiger partial charge on any atom is 0.417 e. The Morgan fingerprint density at radius 1 is 1.10 bits per heavy atom. The Morgan fingerprint density at radius 2 is 1.74 bits per heavy atom. The summed E-state index contributed by atoms with van der Waals surface area (Å²) in [6.07, 6.45) is 0.829. The maximum atomic E-state index is 14.0. The number of hydrogen-bond donors (Lipinski definition) is 2. The second-order valence-electron chi connectivity index (χ2n) is 12.1. The molecule has 2 N–H and O–H groups in total. The highest BCUT2D eigenvalue weighted by Gasteiger charge is 2.45. The molecule has 3 aliphatic carbocycles. The highest BCUT2D eigenvalue weighted by molar-refractivity contribution is 7.92. The number of benzene rings is 1. The van der Waals surface area contributed by atoms with E-state index in [0.717, 1.165) is 44.8 Å². The number of nitrogens with one attached hydrogen (secondary N) is 1. The van der Waals surface area contributed by atoms with Crippen LogP contribution in [0, 0.1) is 11.3 Å². The lowest BCUT2D eigenvalue weighted by atomic mass is 10.1. The van der Waals surface area contributed by atoms with E-state index in [2.05, 4.69) is 24.1 Å². The Hall–Kier alpha value is -2.56. The van der Waals surface area contributed by atoms with Gasteiger partial charge in [-0.25, -0.2) is 13.2 Å². The van der Waals surface area contributed by atoms with Gasteiger partial charge in [-0.3, -0.25) is 4.90 Å². The van der Waals surface area contributed by atoms with Crippen LogP contribution >= 0.6 is 0 Å². The molecular weight excluding hydrogens is 573 g/mol. The second kappa shape index (κ2) is 13.0. The van der Waals surface area contributed by atoms with Gasteiger partial charge in [0.15, 0.2) is 9.84 Å². The quantitative estimate of drug-likeness (QED) is 0.430. The first kappa shape index (κ1) is 32.4. The van der Waals surface area contributed by atoms with E-state index in [9.17, 15) is 26.4 Å². The molecule has 4 aliphatic rings. The molecule has 5 rings (SSSR count). The lowest BCUT2D eigenvalue weighted by molar-refractivity contribution is -0.139. The van der Waals surface area contributed by atoms with Gasteiger partial charge in [0.05, 0.1) is 34.0 Å². The number of alkyl halides is 3. The standard InChI is InChI=1S/C24H35F3N2O3S.C5H6N2O2/c1-17(2)28-11-13-29(14-12-28)18-7-10-23(22(15-18)24(25,26)27)33(30,31)21-9-8-20(16-21)32-19-5-3-4-6-19;6-3-5(1-2-5)7-4(8)9/h7,10,15,17,19-21H,3-6,8-9,11-14,16H2,1-2H3;7H,1-2H2,(H,8,9)/t20-,21-;/m1./s1. The zero-order valence-corrected chi connectivity index (χ0v) is 25.0. The monoisotopic (exact) mass is 614 g/mol. The number of amides is 1. The van der Waals surface area contributed by atoms with Crippen molar-refractivity contribution in [2.75, 3.05) is 31.1 Å². The van der Waals surface area contributed by atoms with Gasteiger partial charge in [-0.15, -0.1) is 0 Å². The topological polar surface area (TPSA) is 123 Å². The van der Waals surface area contributed by atoms with Crippen molar-refractivity contribution in [3.8, 4) is 6.07 Å². The molecule has 0 bridgehead atoms. The fourth-order valence-electron chi connectivity index (χ4n) is 6.06. The zero-order chi connectivity index (χ0) is 30.7. The number of rotatable bonds is 7. The molecule has 1 aromatic rings. The first-order chi connectivity index (χ1) is 19.7. The van der Waals surface area contributed by atoms with Gasteiger partial charge in [0.1, 0.15) is 5.54 Å². The van der Waals surface area contributed by atoms with E-state index in [4.69, 9.17) is 15.1 Å². The molecule has 42 heavy (non-hydrogen) atoms. The molecule has 0 aromatic heterocycles. The number of carboxylic acid groups (broad SMARTS) is 1. The maximum absolute atomic E-state index is 14.0. The van der Waals surface area contributed by atoms with Crippen LogP contribution in [-0.2, 0) is 20.8 Å². The summed E-state index contributed by atoms with van der Waals surface area (Å²) < 4.78 is 74.7. The zero-order valence-electron chi connectivity index (χ0n) is 24.2. The molecule has 9 nitrogen and oxygen atoms in total. The summed E-state index contributed by atoms with van der Waals surface area (Å²) in [5.74, 6) is 0. The van der Waals surface area contributed by atoms with Crippen molar-refractivity contribution in [3.05, 3.63) is 23.8 Å². The fourth-order valence-corrected chi connectivity index (χ4v) is 8.07. The van der Waals surface area contributed by atoms with Gasteiger partial charge >= 0.3 is 12.3 Å². The van der Waals surface area contributed by atoms with E-state index in [1.54, 1.807) is 0 Å². The van der Waals surface area contributed by atoms with Gasteiger partial charge < -0.3 is 20.1 Å². The number of carbonyl (C=O) groups is 1. The van der Waals surface area contributed by atoms with Gasteiger partial charge in [-0.1, -0.05) is 12.8 Å². The molecular formula is C29H41F3N4O5S. The van der Waals surface area contributed by atoms with Crippen LogP contribution in [0.25, 0.3) is 0 Å². The molecule has 1 aliphatic heterocycles. The molecule has 0 spiro atoms. The Bertz CT molecular complexity index is 1250. The van der Waals surface area contributed by atoms with Gasteiger partial charge in [-0.05, 0) is 77.0 Å². The van der Waals surface area contributed by atoms with Gasteiger partial charge in [-0.2, -0.15) is 18.4 Å². The largest absolute Gasteiger partial charge is 0.465 e. The third kappa shape index (κ3) is 7.88. The Labute approximate surface area is 245 Å². The minimum atomic E-state index is -4.74. The summed E-state index contributed by atoms with van der Waals surface area (Å²) in [6, 6.07) is 6.02. The predicted octanol–water partition coefficient (Wildman–Crippen LogP) is 5.20. The third-order valence-electron chi connectivity index (χ3n) is 8.76. The highest BCUT2D eigenvalue weighted by atomic mass is 32.2. The van der Waals surface area contributed by atoms with Crippen LogP contribution in [0.15, 0.2) is 23.1 Å². The first-order valence-electron chi connectivity index (χ1n) is 14.8. The smallest absolute Gasteiger partial charge is 0.417 e. The molecule has 1 aromatic carbocycles. The van der Waals surface area contributed by atoms with Crippen LogP contribution in [0.1, 0.15) is 77.2 Å². The molecule has 1 amide bonds. The third-order valence-corrected chi connectivity index (χ3v) is 11.0. The number of halogens is 3. The van der Waals surface area contributed by atoms with Gasteiger partial charge in [0.25, 0.3) is 0 Å². The fraction of sp³-hybridized carbons (Fsp3) is 0.724. The number of nitrogens with zero attached hydrogens (tertiary/aromatic N) is 3. The number of anilines is 1. The summed E-state index contributed by atoms with van der Waals surface area (Å²) in [5, 5.41) is 17.8.